The normalized spacial score (nSPS) is 11.5. The summed E-state index contributed by atoms with van der Waals surface area (Å²) in [5.41, 5.74) is -1.46. The van der Waals surface area contributed by atoms with Gasteiger partial charge in [-0.3, -0.25) is 0 Å². The first-order chi connectivity index (χ1) is 6.20. The number of hydrogen-bond acceptors (Lipinski definition) is 4. The van der Waals surface area contributed by atoms with Crippen molar-refractivity contribution in [3.8, 4) is 24.3 Å². The maximum atomic E-state index is 8.77. The molecule has 0 aromatic carbocycles. The van der Waals surface area contributed by atoms with E-state index in [-0.39, 0.29) is 6.42 Å². The van der Waals surface area contributed by atoms with Crippen LogP contribution in [0.2, 0.25) is 0 Å². The van der Waals surface area contributed by atoms with Crippen LogP contribution >= 0.6 is 0 Å². The standard InChI is InChI=1S/C9H8N4/c1-2-8(5-11)9(6-12,7-13)3-4-10/h8H,2-3H2,1H3. The topological polar surface area (TPSA) is 95.2 Å². The van der Waals surface area contributed by atoms with Crippen molar-refractivity contribution in [2.45, 2.75) is 19.8 Å². The van der Waals surface area contributed by atoms with Crippen LogP contribution in [-0.2, 0) is 0 Å². The second-order valence-electron chi connectivity index (χ2n) is 2.62. The summed E-state index contributed by atoms with van der Waals surface area (Å²) in [7, 11) is 0. The Morgan fingerprint density at radius 3 is 1.92 bits per heavy atom. The van der Waals surface area contributed by atoms with Crippen molar-refractivity contribution in [1.29, 1.82) is 21.0 Å². The summed E-state index contributed by atoms with van der Waals surface area (Å²) in [5, 5.41) is 34.7. The van der Waals surface area contributed by atoms with Crippen LogP contribution in [0.15, 0.2) is 0 Å². The molecule has 0 aliphatic heterocycles. The zero-order valence-electron chi connectivity index (χ0n) is 7.28. The molecule has 0 aromatic heterocycles. The SMILES string of the molecule is CCC(C#N)C(C#N)(C#N)CC#N. The van der Waals surface area contributed by atoms with Crippen LogP contribution in [-0.4, -0.2) is 0 Å². The number of nitriles is 4. The van der Waals surface area contributed by atoms with Crippen LogP contribution < -0.4 is 0 Å². The molecule has 0 amide bonds. The van der Waals surface area contributed by atoms with E-state index in [9.17, 15) is 0 Å². The zero-order valence-corrected chi connectivity index (χ0v) is 7.28. The Balaban J connectivity index is 5.06. The molecule has 0 heterocycles. The number of rotatable bonds is 3. The lowest BCUT2D eigenvalue weighted by atomic mass is 9.75. The van der Waals surface area contributed by atoms with Crippen molar-refractivity contribution in [2.24, 2.45) is 11.3 Å². The lowest BCUT2D eigenvalue weighted by Gasteiger charge is -2.18. The summed E-state index contributed by atoms with van der Waals surface area (Å²) >= 11 is 0. The van der Waals surface area contributed by atoms with Crippen molar-refractivity contribution in [3.05, 3.63) is 0 Å². The minimum Gasteiger partial charge on any atom is -0.198 e. The molecule has 0 fully saturated rings. The van der Waals surface area contributed by atoms with Crippen molar-refractivity contribution < 1.29 is 0 Å². The molecule has 4 nitrogen and oxygen atoms in total. The third kappa shape index (κ3) is 1.96. The van der Waals surface area contributed by atoms with Gasteiger partial charge in [-0.05, 0) is 6.42 Å². The Morgan fingerprint density at radius 1 is 1.15 bits per heavy atom. The summed E-state index contributed by atoms with van der Waals surface area (Å²) in [6.45, 7) is 1.72. The van der Waals surface area contributed by atoms with Crippen LogP contribution in [0, 0.1) is 56.7 Å². The Labute approximate surface area is 77.2 Å². The predicted molar refractivity (Wildman–Crippen MR) is 43.3 cm³/mol. The third-order valence-corrected chi connectivity index (χ3v) is 1.92. The van der Waals surface area contributed by atoms with E-state index in [0.717, 1.165) is 0 Å². The average molecular weight is 172 g/mol. The van der Waals surface area contributed by atoms with Gasteiger partial charge in [-0.1, -0.05) is 6.92 Å². The largest absolute Gasteiger partial charge is 0.198 e. The lowest BCUT2D eigenvalue weighted by molar-refractivity contribution is 0.386. The van der Waals surface area contributed by atoms with Crippen LogP contribution in [0.3, 0.4) is 0 Å². The summed E-state index contributed by atoms with van der Waals surface area (Å²) in [5.74, 6) is -0.692. The molecule has 1 atom stereocenters. The molecule has 0 rings (SSSR count). The minimum absolute atomic E-state index is 0.216. The quantitative estimate of drug-likeness (QED) is 0.644. The van der Waals surface area contributed by atoms with E-state index in [1.807, 2.05) is 6.07 Å². The van der Waals surface area contributed by atoms with Crippen LogP contribution in [0.4, 0.5) is 0 Å². The van der Waals surface area contributed by atoms with Crippen LogP contribution in [0.25, 0.3) is 0 Å². The summed E-state index contributed by atoms with van der Waals surface area (Å²) < 4.78 is 0. The fourth-order valence-electron chi connectivity index (χ4n) is 1.06. The van der Waals surface area contributed by atoms with E-state index < -0.39 is 11.3 Å². The average Bonchev–Trinajstić information content (AvgIpc) is 2.18. The van der Waals surface area contributed by atoms with E-state index in [1.165, 1.54) is 0 Å². The fraction of sp³-hybridized carbons (Fsp3) is 0.556. The predicted octanol–water partition coefficient (Wildman–Crippen LogP) is 1.48. The zero-order chi connectivity index (χ0) is 10.3. The highest BCUT2D eigenvalue weighted by atomic mass is 14.5. The van der Waals surface area contributed by atoms with Crippen molar-refractivity contribution in [2.75, 3.05) is 0 Å². The van der Waals surface area contributed by atoms with Gasteiger partial charge in [0, 0.05) is 0 Å². The summed E-state index contributed by atoms with van der Waals surface area (Å²) in [6, 6.07) is 7.17. The highest BCUT2D eigenvalue weighted by molar-refractivity contribution is 5.22. The monoisotopic (exact) mass is 172 g/mol. The molecular formula is C9H8N4. The number of nitrogens with zero attached hydrogens (tertiary/aromatic N) is 4. The van der Waals surface area contributed by atoms with Crippen LogP contribution in [0.5, 0.6) is 0 Å². The van der Waals surface area contributed by atoms with Gasteiger partial charge in [-0.2, -0.15) is 21.0 Å². The van der Waals surface area contributed by atoms with Gasteiger partial charge in [0.05, 0.1) is 36.6 Å². The van der Waals surface area contributed by atoms with E-state index in [4.69, 9.17) is 21.0 Å². The molecule has 4 heteroatoms. The lowest BCUT2D eigenvalue weighted by Crippen LogP contribution is -2.25. The molecule has 0 aromatic rings. The highest BCUT2D eigenvalue weighted by Gasteiger charge is 2.38. The second-order valence-corrected chi connectivity index (χ2v) is 2.62. The van der Waals surface area contributed by atoms with E-state index in [2.05, 4.69) is 0 Å². The Morgan fingerprint density at radius 2 is 1.69 bits per heavy atom. The molecule has 0 bridgehead atoms. The Bertz CT molecular complexity index is 317. The fourth-order valence-corrected chi connectivity index (χ4v) is 1.06. The molecule has 0 aliphatic carbocycles. The second kappa shape index (κ2) is 4.76. The van der Waals surface area contributed by atoms with Gasteiger partial charge in [-0.25, -0.2) is 0 Å². The molecule has 0 saturated carbocycles. The maximum Gasteiger partial charge on any atom is 0.172 e. The van der Waals surface area contributed by atoms with Gasteiger partial charge in [-0.15, -0.1) is 0 Å². The molecule has 0 N–H and O–H groups in total. The molecule has 64 valence electrons. The number of hydrogen-bond donors (Lipinski definition) is 0. The van der Waals surface area contributed by atoms with Gasteiger partial charge < -0.3 is 0 Å². The maximum absolute atomic E-state index is 8.77. The van der Waals surface area contributed by atoms with E-state index in [0.29, 0.717) is 6.42 Å². The van der Waals surface area contributed by atoms with Gasteiger partial charge >= 0.3 is 0 Å². The molecule has 0 saturated heterocycles. The summed E-state index contributed by atoms with van der Waals surface area (Å²) in [6.07, 6.45) is 0.186. The third-order valence-electron chi connectivity index (χ3n) is 1.92. The first-order valence-corrected chi connectivity index (χ1v) is 3.79. The van der Waals surface area contributed by atoms with Gasteiger partial charge in [0.1, 0.15) is 0 Å². The van der Waals surface area contributed by atoms with Gasteiger partial charge in [0.25, 0.3) is 0 Å². The Hall–Kier alpha value is -2.04. The van der Waals surface area contributed by atoms with E-state index in [1.54, 1.807) is 25.1 Å². The molecule has 13 heavy (non-hydrogen) atoms. The molecule has 1 unspecified atom stereocenters. The smallest absolute Gasteiger partial charge is 0.172 e. The summed E-state index contributed by atoms with van der Waals surface area (Å²) in [4.78, 5) is 0. The van der Waals surface area contributed by atoms with Crippen molar-refractivity contribution in [1.82, 2.24) is 0 Å². The molecule has 0 aliphatic rings. The van der Waals surface area contributed by atoms with Crippen LogP contribution in [0.1, 0.15) is 19.8 Å². The highest BCUT2D eigenvalue weighted by Crippen LogP contribution is 2.31. The van der Waals surface area contributed by atoms with Crippen molar-refractivity contribution >= 4 is 0 Å². The van der Waals surface area contributed by atoms with E-state index >= 15 is 0 Å². The molecule has 0 spiro atoms. The first kappa shape index (κ1) is 11.0. The molecule has 0 radical (unpaired) electrons. The molecular weight excluding hydrogens is 164 g/mol. The minimum atomic E-state index is -1.46. The van der Waals surface area contributed by atoms with Crippen molar-refractivity contribution in [3.63, 3.8) is 0 Å². The van der Waals surface area contributed by atoms with Gasteiger partial charge in [0.2, 0.25) is 0 Å². The first-order valence-electron chi connectivity index (χ1n) is 3.79. The Kier molecular flexibility index (Phi) is 4.01. The van der Waals surface area contributed by atoms with Gasteiger partial charge in [0.15, 0.2) is 5.41 Å².